The number of carboxylic acids is 1. The van der Waals surface area contributed by atoms with Gasteiger partial charge in [-0.05, 0) is 41.8 Å². The molecule has 4 N–H and O–H groups in total. The Hall–Kier alpha value is -4.86. The predicted octanol–water partition coefficient (Wildman–Crippen LogP) is 5.02. The molecule has 2 aromatic carbocycles. The maximum atomic E-state index is 13.7. The van der Waals surface area contributed by atoms with E-state index in [-0.39, 0.29) is 35.7 Å². The van der Waals surface area contributed by atoms with E-state index in [0.29, 0.717) is 23.6 Å². The van der Waals surface area contributed by atoms with Crippen LogP contribution in [0.4, 0.5) is 0 Å². The number of carboxylic acid groups (broad SMARTS) is 1. The Labute approximate surface area is 248 Å². The number of aliphatic carboxylic acids is 1. The van der Waals surface area contributed by atoms with E-state index in [9.17, 15) is 19.5 Å². The molecule has 1 atom stereocenters. The van der Waals surface area contributed by atoms with Crippen molar-refractivity contribution in [3.8, 4) is 5.88 Å². The van der Waals surface area contributed by atoms with Crippen LogP contribution in [0.25, 0.3) is 16.6 Å². The topological polar surface area (TPSA) is 142 Å². The Morgan fingerprint density at radius 3 is 2.60 bits per heavy atom. The van der Waals surface area contributed by atoms with Crippen LogP contribution in [0.2, 0.25) is 0 Å². The molecule has 222 valence electrons. The SMILES string of the molecule is O=C(N[C@@H](Cc1cc2ccccc2[nH]1)C(=O)O)c1c[nH]n2c(=O)c(CCC3CCCCC3)c(OCc3ccccc3)nc12. The summed E-state index contributed by atoms with van der Waals surface area (Å²) < 4.78 is 7.36. The van der Waals surface area contributed by atoms with Gasteiger partial charge in [0.15, 0.2) is 5.65 Å². The molecule has 1 aliphatic carbocycles. The quantitative estimate of drug-likeness (QED) is 0.173. The van der Waals surface area contributed by atoms with Crippen LogP contribution < -0.4 is 15.6 Å². The Morgan fingerprint density at radius 2 is 1.84 bits per heavy atom. The highest BCUT2D eigenvalue weighted by Gasteiger charge is 2.26. The van der Waals surface area contributed by atoms with Crippen LogP contribution in [0.3, 0.4) is 0 Å². The highest BCUT2D eigenvalue weighted by Crippen LogP contribution is 2.29. The fourth-order valence-electron chi connectivity index (χ4n) is 5.98. The van der Waals surface area contributed by atoms with Crippen molar-refractivity contribution in [2.75, 3.05) is 0 Å². The van der Waals surface area contributed by atoms with Gasteiger partial charge in [-0.2, -0.15) is 4.98 Å². The van der Waals surface area contributed by atoms with E-state index in [2.05, 4.69) is 20.4 Å². The van der Waals surface area contributed by atoms with Crippen molar-refractivity contribution in [3.05, 3.63) is 99.6 Å². The fraction of sp³-hybridized carbons (Fsp3) is 0.333. The van der Waals surface area contributed by atoms with Gasteiger partial charge in [-0.25, -0.2) is 9.31 Å². The van der Waals surface area contributed by atoms with Crippen LogP contribution in [0, 0.1) is 5.92 Å². The third kappa shape index (κ3) is 6.33. The van der Waals surface area contributed by atoms with Gasteiger partial charge in [0.2, 0.25) is 5.88 Å². The van der Waals surface area contributed by atoms with E-state index >= 15 is 0 Å². The van der Waals surface area contributed by atoms with E-state index in [1.807, 2.05) is 60.7 Å². The normalized spacial score (nSPS) is 14.6. The molecule has 10 nitrogen and oxygen atoms in total. The summed E-state index contributed by atoms with van der Waals surface area (Å²) in [5.41, 5.74) is 2.78. The lowest BCUT2D eigenvalue weighted by molar-refractivity contribution is -0.139. The summed E-state index contributed by atoms with van der Waals surface area (Å²) >= 11 is 0. The number of hydrogen-bond donors (Lipinski definition) is 4. The minimum absolute atomic E-state index is 0.0578. The highest BCUT2D eigenvalue weighted by atomic mass is 16.5. The lowest BCUT2D eigenvalue weighted by Crippen LogP contribution is -2.42. The third-order valence-electron chi connectivity index (χ3n) is 8.32. The Kier molecular flexibility index (Phi) is 8.26. The summed E-state index contributed by atoms with van der Waals surface area (Å²) in [6, 6.07) is 17.9. The van der Waals surface area contributed by atoms with E-state index in [1.165, 1.54) is 30.0 Å². The van der Waals surface area contributed by atoms with Gasteiger partial charge in [-0.15, -0.1) is 0 Å². The van der Waals surface area contributed by atoms with Gasteiger partial charge in [0, 0.05) is 23.8 Å². The lowest BCUT2D eigenvalue weighted by atomic mass is 9.85. The molecule has 1 amide bonds. The van der Waals surface area contributed by atoms with Crippen molar-refractivity contribution in [1.82, 2.24) is 24.9 Å². The number of nitrogens with one attached hydrogen (secondary N) is 3. The van der Waals surface area contributed by atoms with E-state index in [0.717, 1.165) is 35.7 Å². The van der Waals surface area contributed by atoms with Gasteiger partial charge in [0.1, 0.15) is 18.2 Å². The number of ether oxygens (including phenoxy) is 1. The molecule has 0 radical (unpaired) electrons. The van der Waals surface area contributed by atoms with Gasteiger partial charge in [0.05, 0.1) is 5.56 Å². The summed E-state index contributed by atoms with van der Waals surface area (Å²) in [4.78, 5) is 47.1. The number of hydrogen-bond acceptors (Lipinski definition) is 5. The van der Waals surface area contributed by atoms with Crippen LogP contribution in [0.1, 0.15) is 65.7 Å². The van der Waals surface area contributed by atoms with Crippen molar-refractivity contribution in [2.45, 2.75) is 64.0 Å². The van der Waals surface area contributed by atoms with Gasteiger partial charge in [-0.1, -0.05) is 80.6 Å². The number of carbonyl (C=O) groups excluding carboxylic acids is 1. The van der Waals surface area contributed by atoms with Crippen molar-refractivity contribution in [3.63, 3.8) is 0 Å². The second-order valence-corrected chi connectivity index (χ2v) is 11.3. The Balaban J connectivity index is 1.27. The molecule has 1 saturated carbocycles. The largest absolute Gasteiger partial charge is 0.480 e. The molecule has 10 heteroatoms. The molecule has 1 aliphatic rings. The number of benzene rings is 2. The molecule has 43 heavy (non-hydrogen) atoms. The molecule has 0 bridgehead atoms. The minimum Gasteiger partial charge on any atom is -0.480 e. The van der Waals surface area contributed by atoms with Crippen LogP contribution in [-0.2, 0) is 24.2 Å². The fourth-order valence-corrected chi connectivity index (χ4v) is 5.98. The molecular formula is C33H35N5O5. The number of aromatic nitrogens is 4. The number of nitrogens with zero attached hydrogens (tertiary/aromatic N) is 2. The maximum Gasteiger partial charge on any atom is 0.326 e. The number of para-hydroxylation sites is 1. The van der Waals surface area contributed by atoms with Crippen LogP contribution in [0.15, 0.2) is 71.7 Å². The minimum atomic E-state index is -1.20. The van der Waals surface area contributed by atoms with Gasteiger partial charge >= 0.3 is 5.97 Å². The summed E-state index contributed by atoms with van der Waals surface area (Å²) in [6.45, 7) is 0.220. The van der Waals surface area contributed by atoms with Crippen LogP contribution in [0.5, 0.6) is 5.88 Å². The monoisotopic (exact) mass is 581 g/mol. The molecule has 0 saturated heterocycles. The van der Waals surface area contributed by atoms with Crippen molar-refractivity contribution >= 4 is 28.4 Å². The lowest BCUT2D eigenvalue weighted by Gasteiger charge is -2.21. The molecule has 6 rings (SSSR count). The van der Waals surface area contributed by atoms with E-state index in [1.54, 1.807) is 0 Å². The van der Waals surface area contributed by atoms with Crippen molar-refractivity contribution in [2.24, 2.45) is 5.92 Å². The summed E-state index contributed by atoms with van der Waals surface area (Å²) in [6.07, 6.45) is 8.84. The summed E-state index contributed by atoms with van der Waals surface area (Å²) in [5, 5.41) is 16.3. The maximum absolute atomic E-state index is 13.7. The number of amides is 1. The molecule has 5 aromatic rings. The van der Waals surface area contributed by atoms with E-state index < -0.39 is 17.9 Å². The zero-order valence-corrected chi connectivity index (χ0v) is 23.8. The second-order valence-electron chi connectivity index (χ2n) is 11.3. The highest BCUT2D eigenvalue weighted by molar-refractivity contribution is 6.01. The molecule has 0 aliphatic heterocycles. The van der Waals surface area contributed by atoms with Gasteiger partial charge in [-0.3, -0.25) is 14.7 Å². The molecule has 3 heterocycles. The second kappa shape index (κ2) is 12.6. The van der Waals surface area contributed by atoms with Gasteiger partial charge in [0.25, 0.3) is 11.5 Å². The number of fused-ring (bicyclic) bond motifs is 2. The molecule has 1 fully saturated rings. The van der Waals surface area contributed by atoms with Gasteiger partial charge < -0.3 is 20.1 Å². The van der Waals surface area contributed by atoms with Crippen molar-refractivity contribution < 1.29 is 19.4 Å². The third-order valence-corrected chi connectivity index (χ3v) is 8.32. The average Bonchev–Trinajstić information content (AvgIpc) is 3.64. The van der Waals surface area contributed by atoms with Crippen molar-refractivity contribution in [1.29, 1.82) is 0 Å². The first-order chi connectivity index (χ1) is 21.0. The molecule has 0 unspecified atom stereocenters. The molecule has 0 spiro atoms. The number of aromatic amines is 2. The predicted molar refractivity (Wildman–Crippen MR) is 162 cm³/mol. The first-order valence-electron chi connectivity index (χ1n) is 14.9. The van der Waals surface area contributed by atoms with Crippen LogP contribution in [-0.4, -0.2) is 42.6 Å². The number of carbonyl (C=O) groups is 2. The Morgan fingerprint density at radius 1 is 1.07 bits per heavy atom. The number of H-pyrrole nitrogens is 2. The smallest absolute Gasteiger partial charge is 0.326 e. The zero-order valence-electron chi connectivity index (χ0n) is 23.8. The first-order valence-corrected chi connectivity index (χ1v) is 14.9. The zero-order chi connectivity index (χ0) is 29.8. The van der Waals surface area contributed by atoms with Crippen LogP contribution >= 0.6 is 0 Å². The molecule has 3 aromatic heterocycles. The molecular weight excluding hydrogens is 546 g/mol. The first kappa shape index (κ1) is 28.3. The standard InChI is InChI=1S/C33H35N5O5/c39-30(36-28(33(41)42)18-24-17-23-13-7-8-14-27(23)35-24)26-19-34-38-29(26)37-31(43-20-22-11-5-2-6-12-22)25(32(38)40)16-15-21-9-3-1-4-10-21/h2,5-8,11-14,17,19,21,28,34-35H,1,3-4,9-10,15-16,18,20H2,(H,36,39)(H,41,42)/t28-/m0/s1. The summed E-state index contributed by atoms with van der Waals surface area (Å²) in [5.74, 6) is -1.07. The number of rotatable bonds is 11. The summed E-state index contributed by atoms with van der Waals surface area (Å²) in [7, 11) is 0. The van der Waals surface area contributed by atoms with E-state index in [4.69, 9.17) is 4.74 Å². The average molecular weight is 582 g/mol. The Bertz CT molecular complexity index is 1770.